The van der Waals surface area contributed by atoms with Crippen molar-refractivity contribution in [3.63, 3.8) is 0 Å². The molecule has 0 saturated carbocycles. The van der Waals surface area contributed by atoms with Crippen LogP contribution < -0.4 is 16.0 Å². The van der Waals surface area contributed by atoms with E-state index >= 15 is 0 Å². The van der Waals surface area contributed by atoms with Gasteiger partial charge < -0.3 is 25.8 Å². The van der Waals surface area contributed by atoms with E-state index < -0.39 is 0 Å². The smallest absolute Gasteiger partial charge is 0.258 e. The van der Waals surface area contributed by atoms with Gasteiger partial charge in [-0.05, 0) is 31.3 Å². The van der Waals surface area contributed by atoms with Gasteiger partial charge in [0, 0.05) is 36.9 Å². The molecule has 5 heterocycles. The molecule has 0 aliphatic carbocycles. The molecule has 3 aliphatic heterocycles. The number of para-hydroxylation sites is 4. The molecule has 194 valence electrons. The first-order valence-corrected chi connectivity index (χ1v) is 14.6. The van der Waals surface area contributed by atoms with Crippen molar-refractivity contribution in [1.29, 1.82) is 0 Å². The van der Waals surface area contributed by atoms with E-state index in [9.17, 15) is 4.79 Å². The molecule has 2 aromatic heterocycles. The normalized spacial score (nSPS) is 16.0. The zero-order valence-electron chi connectivity index (χ0n) is 20.4. The summed E-state index contributed by atoms with van der Waals surface area (Å²) in [6, 6.07) is 15.7. The van der Waals surface area contributed by atoms with E-state index in [1.807, 2.05) is 48.5 Å². The SMILES string of the molecule is CN1CCN(C2=Nc3ccccc3Nc3c2csc3Cl)CC1.O=C1Nc2ccccc2Nc2c1csc2Cl. The number of anilines is 5. The molecule has 0 spiro atoms. The van der Waals surface area contributed by atoms with Gasteiger partial charge in [0.15, 0.2) is 0 Å². The molecule has 0 radical (unpaired) electrons. The second-order valence-corrected chi connectivity index (χ2v) is 12.1. The number of fused-ring (bicyclic) bond motifs is 4. The van der Waals surface area contributed by atoms with E-state index in [2.05, 4.69) is 38.2 Å². The van der Waals surface area contributed by atoms with Gasteiger partial charge in [0.2, 0.25) is 0 Å². The summed E-state index contributed by atoms with van der Waals surface area (Å²) in [6.45, 7) is 4.09. The Balaban J connectivity index is 0.000000146. The third-order valence-electron chi connectivity index (χ3n) is 6.61. The van der Waals surface area contributed by atoms with Gasteiger partial charge in [-0.1, -0.05) is 47.5 Å². The predicted octanol–water partition coefficient (Wildman–Crippen LogP) is 7.50. The summed E-state index contributed by atoms with van der Waals surface area (Å²) >= 11 is 15.3. The Labute approximate surface area is 238 Å². The van der Waals surface area contributed by atoms with Gasteiger partial charge in [-0.3, -0.25) is 4.79 Å². The van der Waals surface area contributed by atoms with Crippen molar-refractivity contribution in [2.24, 2.45) is 4.99 Å². The van der Waals surface area contributed by atoms with Crippen molar-refractivity contribution < 1.29 is 4.79 Å². The average Bonchev–Trinajstić information content (AvgIpc) is 3.36. The Morgan fingerprint density at radius 2 is 1.32 bits per heavy atom. The number of hydrogen-bond acceptors (Lipinski definition) is 8. The summed E-state index contributed by atoms with van der Waals surface area (Å²) < 4.78 is 1.38. The van der Waals surface area contributed by atoms with E-state index in [1.165, 1.54) is 11.3 Å². The molecule has 3 aliphatic rings. The maximum atomic E-state index is 11.9. The first kappa shape index (κ1) is 25.2. The van der Waals surface area contributed by atoms with Crippen LogP contribution in [0.5, 0.6) is 0 Å². The number of nitrogens with one attached hydrogen (secondary N) is 3. The Hall–Kier alpha value is -3.08. The van der Waals surface area contributed by atoms with Crippen molar-refractivity contribution in [2.45, 2.75) is 0 Å². The van der Waals surface area contributed by atoms with E-state index in [4.69, 9.17) is 28.2 Å². The number of benzene rings is 2. The van der Waals surface area contributed by atoms with E-state index in [0.29, 0.717) is 15.6 Å². The van der Waals surface area contributed by atoms with Gasteiger partial charge in [-0.25, -0.2) is 4.99 Å². The number of aliphatic imine (C=N–C) groups is 1. The van der Waals surface area contributed by atoms with E-state index in [0.717, 1.165) is 70.4 Å². The summed E-state index contributed by atoms with van der Waals surface area (Å²) in [5.41, 5.74) is 6.96. The molecule has 4 aromatic rings. The Morgan fingerprint density at radius 3 is 2.03 bits per heavy atom. The highest BCUT2D eigenvalue weighted by Crippen LogP contribution is 2.42. The first-order valence-electron chi connectivity index (χ1n) is 12.1. The summed E-state index contributed by atoms with van der Waals surface area (Å²) in [5.74, 6) is 0.902. The summed E-state index contributed by atoms with van der Waals surface area (Å²) in [7, 11) is 2.16. The third kappa shape index (κ3) is 4.88. The largest absolute Gasteiger partial charge is 0.353 e. The number of amidine groups is 1. The lowest BCUT2D eigenvalue weighted by Gasteiger charge is -2.34. The summed E-state index contributed by atoms with van der Waals surface area (Å²) in [4.78, 5) is 21.5. The number of carbonyl (C=O) groups is 1. The number of hydrogen-bond donors (Lipinski definition) is 3. The number of halogens is 2. The molecule has 7 rings (SSSR count). The maximum Gasteiger partial charge on any atom is 0.258 e. The van der Waals surface area contributed by atoms with Crippen molar-refractivity contribution in [3.05, 3.63) is 79.1 Å². The minimum atomic E-state index is -0.129. The number of nitrogens with zero attached hydrogens (tertiary/aromatic N) is 3. The molecule has 7 nitrogen and oxygen atoms in total. The fourth-order valence-electron chi connectivity index (χ4n) is 4.50. The minimum absolute atomic E-state index is 0.129. The van der Waals surface area contributed by atoms with Gasteiger partial charge in [-0.15, -0.1) is 22.7 Å². The lowest BCUT2D eigenvalue weighted by Crippen LogP contribution is -2.47. The predicted molar refractivity (Wildman–Crippen MR) is 161 cm³/mol. The zero-order valence-corrected chi connectivity index (χ0v) is 23.6. The van der Waals surface area contributed by atoms with Gasteiger partial charge >= 0.3 is 0 Å². The lowest BCUT2D eigenvalue weighted by atomic mass is 10.2. The first-order chi connectivity index (χ1) is 18.5. The molecule has 11 heteroatoms. The Bertz CT molecular complexity index is 1540. The quantitative estimate of drug-likeness (QED) is 0.200. The number of likely N-dealkylation sites (N-methyl/N-ethyl adjacent to an activating group) is 1. The number of amides is 1. The minimum Gasteiger partial charge on any atom is -0.353 e. The van der Waals surface area contributed by atoms with Crippen LogP contribution in [0.25, 0.3) is 0 Å². The van der Waals surface area contributed by atoms with Crippen LogP contribution in [-0.4, -0.2) is 54.8 Å². The van der Waals surface area contributed by atoms with Gasteiger partial charge in [0.25, 0.3) is 5.91 Å². The highest BCUT2D eigenvalue weighted by atomic mass is 35.5. The maximum absolute atomic E-state index is 11.9. The van der Waals surface area contributed by atoms with Crippen molar-refractivity contribution >= 4 is 91.7 Å². The standard InChI is InChI=1S/C16H17ClN4S.C11H7ClN2OS/c1-20-6-8-21(9-7-20)16-11-10-22-15(17)14(11)18-12-4-2-3-5-13(12)19-16;12-10-9-6(5-16-10)11(15)14-8-4-2-1-3-7(8)13-9/h2-5,10,18H,6-9H2,1H3;1-5,13H,(H,14,15). The molecule has 0 bridgehead atoms. The fourth-order valence-corrected chi connectivity index (χ4v) is 6.52. The summed E-state index contributed by atoms with van der Waals surface area (Å²) in [6.07, 6.45) is 0. The van der Waals surface area contributed by atoms with Crippen LogP contribution >= 0.6 is 45.9 Å². The average molecular weight is 584 g/mol. The second kappa shape index (κ2) is 10.6. The molecular formula is C27H24Cl2N6OS2. The fraction of sp³-hybridized carbons (Fsp3) is 0.185. The zero-order chi connectivity index (χ0) is 26.2. The Morgan fingerprint density at radius 1 is 0.763 bits per heavy atom. The number of thiophene rings is 2. The second-order valence-electron chi connectivity index (χ2n) is 9.09. The summed E-state index contributed by atoms with van der Waals surface area (Å²) in [5, 5.41) is 13.3. The van der Waals surface area contributed by atoms with E-state index in [1.54, 1.807) is 16.7 Å². The Kier molecular flexibility index (Phi) is 7.03. The highest BCUT2D eigenvalue weighted by Gasteiger charge is 2.26. The van der Waals surface area contributed by atoms with Gasteiger partial charge in [0.1, 0.15) is 14.5 Å². The molecule has 1 amide bonds. The van der Waals surface area contributed by atoms with Crippen LogP contribution in [-0.2, 0) is 0 Å². The van der Waals surface area contributed by atoms with Crippen LogP contribution in [0, 0.1) is 0 Å². The molecule has 1 saturated heterocycles. The van der Waals surface area contributed by atoms with Crippen molar-refractivity contribution in [2.75, 3.05) is 49.2 Å². The van der Waals surface area contributed by atoms with Gasteiger partial charge in [-0.2, -0.15) is 0 Å². The van der Waals surface area contributed by atoms with E-state index in [-0.39, 0.29) is 5.91 Å². The topological polar surface area (TPSA) is 72.0 Å². The van der Waals surface area contributed by atoms with Gasteiger partial charge in [0.05, 0.1) is 45.3 Å². The third-order valence-corrected chi connectivity index (χ3v) is 9.05. The molecule has 0 atom stereocenters. The number of carbonyl (C=O) groups excluding carboxylic acids is 1. The molecule has 0 unspecified atom stereocenters. The molecule has 1 fully saturated rings. The molecule has 38 heavy (non-hydrogen) atoms. The van der Waals surface area contributed by atoms with Crippen LogP contribution in [0.2, 0.25) is 8.67 Å². The molecule has 3 N–H and O–H groups in total. The van der Waals surface area contributed by atoms with Crippen LogP contribution in [0.15, 0.2) is 64.3 Å². The van der Waals surface area contributed by atoms with Crippen LogP contribution in [0.4, 0.5) is 34.1 Å². The van der Waals surface area contributed by atoms with Crippen LogP contribution in [0.1, 0.15) is 15.9 Å². The monoisotopic (exact) mass is 582 g/mol. The highest BCUT2D eigenvalue weighted by molar-refractivity contribution is 7.15. The van der Waals surface area contributed by atoms with Crippen molar-refractivity contribution in [1.82, 2.24) is 9.80 Å². The molecule has 2 aromatic carbocycles. The number of rotatable bonds is 0. The molecular weight excluding hydrogens is 559 g/mol. The number of piperazine rings is 1. The lowest BCUT2D eigenvalue weighted by molar-refractivity contribution is 0.102. The van der Waals surface area contributed by atoms with Crippen LogP contribution in [0.3, 0.4) is 0 Å². The van der Waals surface area contributed by atoms with Crippen molar-refractivity contribution in [3.8, 4) is 0 Å².